The summed E-state index contributed by atoms with van der Waals surface area (Å²) in [6, 6.07) is 0. The van der Waals surface area contributed by atoms with Crippen molar-refractivity contribution in [3.63, 3.8) is 0 Å². The Bertz CT molecular complexity index is 341. The van der Waals surface area contributed by atoms with Crippen LogP contribution in [-0.4, -0.2) is 47.2 Å². The van der Waals surface area contributed by atoms with Gasteiger partial charge in [-0.15, -0.1) is 0 Å². The molecule has 0 unspecified atom stereocenters. The lowest BCUT2D eigenvalue weighted by Crippen LogP contribution is -2.64. The summed E-state index contributed by atoms with van der Waals surface area (Å²) in [6.07, 6.45) is 6.78. The van der Waals surface area contributed by atoms with Crippen molar-refractivity contribution in [1.82, 2.24) is 4.90 Å². The predicted molar refractivity (Wildman–Crippen MR) is 69.8 cm³/mol. The highest BCUT2D eigenvalue weighted by atomic mass is 16.5. The number of carboxylic acid groups (broad SMARTS) is 1. The number of carbonyl (C=O) groups is 2. The number of hydrogen-bond acceptors (Lipinski definition) is 3. The van der Waals surface area contributed by atoms with E-state index in [2.05, 4.69) is 0 Å². The molecule has 0 atom stereocenters. The lowest BCUT2D eigenvalue weighted by Gasteiger charge is -2.48. The van der Waals surface area contributed by atoms with Crippen LogP contribution in [0.15, 0.2) is 0 Å². The second-order valence-electron chi connectivity index (χ2n) is 6.02. The van der Waals surface area contributed by atoms with Crippen LogP contribution in [0.5, 0.6) is 0 Å². The highest BCUT2D eigenvalue weighted by Gasteiger charge is 2.44. The zero-order chi connectivity index (χ0) is 13.9. The average molecular weight is 269 g/mol. The molecule has 1 saturated carbocycles. The molecule has 108 valence electrons. The molecule has 5 heteroatoms. The molecule has 5 nitrogen and oxygen atoms in total. The Morgan fingerprint density at radius 1 is 1.21 bits per heavy atom. The molecule has 0 aromatic rings. The summed E-state index contributed by atoms with van der Waals surface area (Å²) in [4.78, 5) is 24.6. The van der Waals surface area contributed by atoms with Crippen LogP contribution in [0.2, 0.25) is 0 Å². The minimum absolute atomic E-state index is 0.173. The maximum absolute atomic E-state index is 12.3. The van der Waals surface area contributed by atoms with Gasteiger partial charge >= 0.3 is 5.97 Å². The molecule has 0 radical (unpaired) electrons. The van der Waals surface area contributed by atoms with Crippen molar-refractivity contribution >= 4 is 11.9 Å². The zero-order valence-electron chi connectivity index (χ0n) is 11.6. The second-order valence-corrected chi connectivity index (χ2v) is 6.02. The highest BCUT2D eigenvalue weighted by Crippen LogP contribution is 2.30. The zero-order valence-corrected chi connectivity index (χ0v) is 11.6. The van der Waals surface area contributed by atoms with Gasteiger partial charge in [0.15, 0.2) is 0 Å². The monoisotopic (exact) mass is 269 g/mol. The van der Waals surface area contributed by atoms with Gasteiger partial charge in [0.05, 0.1) is 13.1 Å². The number of nitrogens with zero attached hydrogens (tertiary/aromatic N) is 1. The van der Waals surface area contributed by atoms with Gasteiger partial charge in [0.25, 0.3) is 0 Å². The van der Waals surface area contributed by atoms with E-state index in [0.717, 1.165) is 25.7 Å². The number of aliphatic carboxylic acids is 1. The third-order valence-corrected chi connectivity index (χ3v) is 4.11. The molecule has 2 aliphatic rings. The normalized spacial score (nSPS) is 23.5. The van der Waals surface area contributed by atoms with Crippen molar-refractivity contribution in [2.45, 2.75) is 51.0 Å². The van der Waals surface area contributed by atoms with Crippen molar-refractivity contribution in [1.29, 1.82) is 0 Å². The Morgan fingerprint density at radius 3 is 2.32 bits per heavy atom. The Balaban J connectivity index is 1.78. The molecule has 1 aliphatic carbocycles. The highest BCUT2D eigenvalue weighted by molar-refractivity contribution is 5.80. The number of ether oxygens (including phenoxy) is 1. The molecule has 19 heavy (non-hydrogen) atoms. The first-order valence-corrected chi connectivity index (χ1v) is 7.15. The fourth-order valence-electron chi connectivity index (χ4n) is 3.03. The fraction of sp³-hybridized carbons (Fsp3) is 0.857. The molecule has 1 N–H and O–H groups in total. The van der Waals surface area contributed by atoms with Gasteiger partial charge in [0.2, 0.25) is 5.91 Å². The number of rotatable bonds is 4. The van der Waals surface area contributed by atoms with Crippen LogP contribution >= 0.6 is 0 Å². The maximum atomic E-state index is 12.3. The summed E-state index contributed by atoms with van der Waals surface area (Å²) >= 11 is 0. The molecule has 0 aromatic heterocycles. The Labute approximate surface area is 113 Å². The summed E-state index contributed by atoms with van der Waals surface area (Å²) in [7, 11) is 0. The van der Waals surface area contributed by atoms with E-state index in [9.17, 15) is 9.59 Å². The number of carbonyl (C=O) groups excluding carboxylic acids is 1. The van der Waals surface area contributed by atoms with E-state index in [0.29, 0.717) is 13.1 Å². The maximum Gasteiger partial charge on any atom is 0.329 e. The summed E-state index contributed by atoms with van der Waals surface area (Å²) < 4.78 is 5.33. The van der Waals surface area contributed by atoms with Crippen molar-refractivity contribution in [3.8, 4) is 0 Å². The van der Waals surface area contributed by atoms with E-state index >= 15 is 0 Å². The van der Waals surface area contributed by atoms with Gasteiger partial charge in [-0.05, 0) is 19.8 Å². The van der Waals surface area contributed by atoms with E-state index in [1.165, 1.54) is 12.8 Å². The van der Waals surface area contributed by atoms with Crippen molar-refractivity contribution in [3.05, 3.63) is 0 Å². The van der Waals surface area contributed by atoms with Crippen LogP contribution in [0.3, 0.4) is 0 Å². The van der Waals surface area contributed by atoms with Crippen LogP contribution in [-0.2, 0) is 14.3 Å². The first-order valence-electron chi connectivity index (χ1n) is 7.15. The Kier molecular flexibility index (Phi) is 4.45. The molecule has 2 fully saturated rings. The third kappa shape index (κ3) is 3.69. The van der Waals surface area contributed by atoms with E-state index in [-0.39, 0.29) is 18.4 Å². The first kappa shape index (κ1) is 14.3. The van der Waals surface area contributed by atoms with E-state index < -0.39 is 11.6 Å². The topological polar surface area (TPSA) is 66.8 Å². The van der Waals surface area contributed by atoms with Crippen LogP contribution in [0.4, 0.5) is 0 Å². The number of likely N-dealkylation sites (tertiary alicyclic amines) is 1. The van der Waals surface area contributed by atoms with E-state index in [4.69, 9.17) is 9.84 Å². The van der Waals surface area contributed by atoms with Gasteiger partial charge in [-0.2, -0.15) is 0 Å². The molecule has 1 heterocycles. The lowest BCUT2D eigenvalue weighted by atomic mass is 9.91. The molecule has 1 amide bonds. The van der Waals surface area contributed by atoms with Crippen molar-refractivity contribution in [2.75, 3.05) is 19.7 Å². The smallest absolute Gasteiger partial charge is 0.329 e. The van der Waals surface area contributed by atoms with Gasteiger partial charge in [-0.3, -0.25) is 4.79 Å². The first-order chi connectivity index (χ1) is 9.00. The standard InChI is InChI=1S/C14H23NO4/c1-14(19-8-12(16)17)9-15(10-14)13(18)11-6-4-2-3-5-7-11/h11H,2-10H2,1H3,(H,16,17). The molecular formula is C14H23NO4. The van der Waals surface area contributed by atoms with Crippen molar-refractivity contribution < 1.29 is 19.4 Å². The SMILES string of the molecule is CC1(OCC(=O)O)CN(C(=O)C2CCCCCC2)C1. The molecule has 1 saturated heterocycles. The van der Waals surface area contributed by atoms with Crippen molar-refractivity contribution in [2.24, 2.45) is 5.92 Å². The Hall–Kier alpha value is -1.10. The van der Waals surface area contributed by atoms with E-state index in [1.54, 1.807) is 0 Å². The summed E-state index contributed by atoms with van der Waals surface area (Å²) in [5, 5.41) is 8.60. The minimum Gasteiger partial charge on any atom is -0.480 e. The van der Waals surface area contributed by atoms with E-state index in [1.807, 2.05) is 11.8 Å². The van der Waals surface area contributed by atoms with Gasteiger partial charge in [0, 0.05) is 5.92 Å². The number of amides is 1. The molecule has 0 aromatic carbocycles. The predicted octanol–water partition coefficient (Wildman–Crippen LogP) is 1.66. The molecular weight excluding hydrogens is 246 g/mol. The van der Waals surface area contributed by atoms with Crippen LogP contribution < -0.4 is 0 Å². The fourth-order valence-corrected chi connectivity index (χ4v) is 3.03. The number of carboxylic acids is 1. The van der Waals surface area contributed by atoms with Gasteiger partial charge in [-0.1, -0.05) is 25.7 Å². The van der Waals surface area contributed by atoms with Crippen LogP contribution in [0.25, 0.3) is 0 Å². The summed E-state index contributed by atoms with van der Waals surface area (Å²) in [5.74, 6) is -0.556. The molecule has 0 spiro atoms. The lowest BCUT2D eigenvalue weighted by molar-refractivity contribution is -0.175. The quantitative estimate of drug-likeness (QED) is 0.788. The van der Waals surface area contributed by atoms with Gasteiger partial charge in [-0.25, -0.2) is 4.79 Å². The van der Waals surface area contributed by atoms with Gasteiger partial charge in [0.1, 0.15) is 12.2 Å². The largest absolute Gasteiger partial charge is 0.480 e. The Morgan fingerprint density at radius 2 is 1.79 bits per heavy atom. The minimum atomic E-state index is -0.963. The van der Waals surface area contributed by atoms with Crippen LogP contribution in [0.1, 0.15) is 45.4 Å². The summed E-state index contributed by atoms with van der Waals surface area (Å²) in [5.41, 5.74) is -0.473. The average Bonchev–Trinajstić information content (AvgIpc) is 2.61. The van der Waals surface area contributed by atoms with Crippen LogP contribution in [0, 0.1) is 5.92 Å². The molecule has 0 bridgehead atoms. The van der Waals surface area contributed by atoms with Gasteiger partial charge < -0.3 is 14.7 Å². The summed E-state index contributed by atoms with van der Waals surface area (Å²) in [6.45, 7) is 2.62. The number of hydrogen-bond donors (Lipinski definition) is 1. The molecule has 1 aliphatic heterocycles. The third-order valence-electron chi connectivity index (χ3n) is 4.11. The second kappa shape index (κ2) is 5.90. The molecule has 2 rings (SSSR count).